The molecule has 5 aliphatic carbocycles. The monoisotopic (exact) mass is 1620 g/mol. The minimum absolute atomic E-state index is 0.00258. The molecule has 588 valence electrons. The van der Waals surface area contributed by atoms with Gasteiger partial charge in [0, 0.05) is 37.9 Å². The highest BCUT2D eigenvalue weighted by molar-refractivity contribution is 6.19. The molecule has 1 heterocycles. The minimum atomic E-state index is -1.11. The van der Waals surface area contributed by atoms with Crippen molar-refractivity contribution < 1.29 is 152 Å². The predicted octanol–water partition coefficient (Wildman–Crippen LogP) is 15.1. The maximum Gasteiger partial charge on any atom is 0.513 e. The lowest BCUT2D eigenvalue weighted by Crippen LogP contribution is -2.30. The highest BCUT2D eigenvalue weighted by atomic mass is 35.5. The number of alkyl halides is 8. The molecule has 0 aromatic carbocycles. The zero-order valence-corrected chi connectivity index (χ0v) is 64.2. The van der Waals surface area contributed by atoms with Crippen molar-refractivity contribution >= 4 is 154 Å². The smallest absolute Gasteiger partial charge is 0.466 e. The van der Waals surface area contributed by atoms with E-state index in [1.54, 1.807) is 0 Å². The second-order valence-electron chi connectivity index (χ2n) is 21.9. The molecule has 0 aromatic heterocycles. The van der Waals surface area contributed by atoms with Gasteiger partial charge in [0.15, 0.2) is 60.9 Å². The van der Waals surface area contributed by atoms with Crippen LogP contribution in [-0.2, 0) is 114 Å². The quantitative estimate of drug-likeness (QED) is 0.0255. The Hall–Kier alpha value is -5.00. The fraction of sp³-hybridized carbons (Fsp3) is 0.803. The third-order valence-electron chi connectivity index (χ3n) is 14.0. The molecule has 4 atom stereocenters. The second kappa shape index (κ2) is 60.3. The van der Waals surface area contributed by atoms with Crippen LogP contribution in [0.4, 0.5) is 38.4 Å². The van der Waals surface area contributed by atoms with Crippen LogP contribution >= 0.6 is 92.8 Å². The van der Waals surface area contributed by atoms with Crippen molar-refractivity contribution in [2.24, 2.45) is 35.0 Å². The van der Waals surface area contributed by atoms with Gasteiger partial charge in [0.25, 0.3) is 0 Å². The van der Waals surface area contributed by atoms with Crippen molar-refractivity contribution in [3.05, 3.63) is 11.6 Å². The van der Waals surface area contributed by atoms with Gasteiger partial charge in [-0.3, -0.25) is 0 Å². The Morgan fingerprint density at radius 3 is 1.31 bits per heavy atom. The van der Waals surface area contributed by atoms with Crippen LogP contribution in [0.3, 0.4) is 0 Å². The molecular weight excluding hydrogens is 1530 g/mol. The molecule has 1 aliphatic heterocycles. The summed E-state index contributed by atoms with van der Waals surface area (Å²) in [5, 5.41) is 0. The molecule has 6 rings (SSSR count). The first-order chi connectivity index (χ1) is 48.1. The number of hydrogen-bond donors (Lipinski definition) is 0. The normalized spacial score (nSPS) is 18.7. The highest BCUT2D eigenvalue weighted by Crippen LogP contribution is 2.41. The van der Waals surface area contributed by atoms with E-state index in [1.165, 1.54) is 58.8 Å². The Bertz CT molecular complexity index is 2330. The van der Waals surface area contributed by atoms with Crippen LogP contribution in [-0.4, -0.2) is 207 Å². The van der Waals surface area contributed by atoms with Gasteiger partial charge in [-0.1, -0.05) is 164 Å². The first-order valence-electron chi connectivity index (χ1n) is 31.4. The average molecular weight is 1630 g/mol. The summed E-state index contributed by atoms with van der Waals surface area (Å²) in [6.07, 6.45) is 6.69. The van der Waals surface area contributed by atoms with Gasteiger partial charge in [0.1, 0.15) is 12.7 Å². The van der Waals surface area contributed by atoms with Crippen LogP contribution < -0.4 is 0 Å². The predicted molar refractivity (Wildman–Crippen MR) is 360 cm³/mol. The van der Waals surface area contributed by atoms with Crippen LogP contribution in [0.1, 0.15) is 132 Å². The summed E-state index contributed by atoms with van der Waals surface area (Å²) in [5.41, 5.74) is 0.00602. The van der Waals surface area contributed by atoms with Gasteiger partial charge >= 0.3 is 67.7 Å². The molecule has 4 saturated carbocycles. The number of rotatable bonds is 26. The number of ether oxygens (including phenoxy) is 22. The molecule has 32 nitrogen and oxygen atoms in total. The molecule has 40 heteroatoms. The van der Waals surface area contributed by atoms with Crippen molar-refractivity contribution in [1.82, 2.24) is 0 Å². The highest BCUT2D eigenvalue weighted by Gasteiger charge is 2.56. The van der Waals surface area contributed by atoms with E-state index in [2.05, 4.69) is 86.2 Å². The molecule has 0 spiro atoms. The number of methoxy groups -OCH3 is 2. The van der Waals surface area contributed by atoms with E-state index in [1.807, 2.05) is 34.6 Å². The third kappa shape index (κ3) is 50.9. The number of carbonyl (C=O) groups is 10. The Morgan fingerprint density at radius 1 is 0.505 bits per heavy atom. The van der Waals surface area contributed by atoms with Crippen molar-refractivity contribution in [3.63, 3.8) is 0 Å². The van der Waals surface area contributed by atoms with Gasteiger partial charge in [0.2, 0.25) is 5.60 Å². The Morgan fingerprint density at radius 2 is 0.911 bits per heavy atom. The van der Waals surface area contributed by atoms with Crippen LogP contribution in [0.2, 0.25) is 0 Å². The van der Waals surface area contributed by atoms with Gasteiger partial charge < -0.3 is 104 Å². The summed E-state index contributed by atoms with van der Waals surface area (Å²) in [4.78, 5) is 107. The molecule has 0 N–H and O–H groups in total. The number of carbonyl (C=O) groups excluding carboxylic acids is 10. The first kappa shape index (κ1) is 98.1. The van der Waals surface area contributed by atoms with E-state index >= 15 is 0 Å². The standard InChI is InChI=1S/C11H19ClO3.C10H15ClO3.C8H15ClO5.C8H13ClO3.C7H9ClO5.C6H9ClO5.C6H9ClO3.C5H7ClO5/c1-8-4-3-5-9(2)10(8)6-14-11(13)15-7-12;1-7-4-8(10(2,3)5-7)14-9(12)13-6-11;1-3-11-7(12-4-2)5-13-8(10)14-6-9;9-6-12-8(10)11-5-7-3-1-2-4-7;1-11-5(9)7(2-3-7)13-6(10)12-4-8;1-4(5(8)10-2)12-6(9)11-3-7;7-4-10-6(8)9-3-5-1-2-5;6-3-10-4(7)11-5-8-1-2-9-5/h8-10H,3-7H2,1-2H3;5,8H,4,6H2,1-3H3;7H,3-6H2,1-2H3;7H,1-6H2;2-4H2,1H3;4H,3H2,1-2H3;5H,1-4H2;5H,1-3H2/t;8-;;;;;;/m.0....../s1. The SMILES string of the molecule is CC1=CC(C)(C)[C@@H](OC(=O)OCCl)C1.CC1CCCC(C)C1COC(=O)OCCl.CCOC(COC(=O)OCCl)OCC.COC(=O)C(C)OC(=O)OCCl.COC(=O)C1(OC(=O)OCCl)CC1.O=C(OCCl)OC1OCCO1.O=C(OCCl)OCC1CC1.O=C(OCCl)OCC1CCCC1. The van der Waals surface area contributed by atoms with Crippen molar-refractivity contribution in [3.8, 4) is 0 Å². The van der Waals surface area contributed by atoms with Crippen molar-refractivity contribution in [2.75, 3.05) is 116 Å². The van der Waals surface area contributed by atoms with Crippen LogP contribution in [0.25, 0.3) is 0 Å². The molecule has 101 heavy (non-hydrogen) atoms. The zero-order valence-electron chi connectivity index (χ0n) is 58.2. The summed E-state index contributed by atoms with van der Waals surface area (Å²) in [5.74, 6) is 1.60. The maximum absolute atomic E-state index is 11.0. The molecule has 0 bridgehead atoms. The minimum Gasteiger partial charge on any atom is -0.466 e. The Labute approximate surface area is 627 Å². The summed E-state index contributed by atoms with van der Waals surface area (Å²) < 4.78 is 101. The molecular formula is C61H96Cl8O32. The third-order valence-corrected chi connectivity index (χ3v) is 14.8. The van der Waals surface area contributed by atoms with Gasteiger partial charge in [-0.25, -0.2) is 47.9 Å². The van der Waals surface area contributed by atoms with Gasteiger partial charge in [-0.2, -0.15) is 0 Å². The second-order valence-corrected chi connectivity index (χ2v) is 23.6. The molecule has 0 amide bonds. The number of esters is 2. The fourth-order valence-electron chi connectivity index (χ4n) is 8.68. The first-order valence-corrected chi connectivity index (χ1v) is 35.7. The zero-order chi connectivity index (χ0) is 76.6. The lowest BCUT2D eigenvalue weighted by Gasteiger charge is -2.33. The maximum atomic E-state index is 11.0. The fourth-order valence-corrected chi connectivity index (χ4v) is 9.40. The number of hydrogen-bond acceptors (Lipinski definition) is 32. The van der Waals surface area contributed by atoms with Gasteiger partial charge in [-0.05, 0) is 83.0 Å². The van der Waals surface area contributed by atoms with Gasteiger partial charge in [-0.15, -0.1) is 0 Å². The van der Waals surface area contributed by atoms with Crippen LogP contribution in [0.15, 0.2) is 11.6 Å². The summed E-state index contributed by atoms with van der Waals surface area (Å²) >= 11 is 41.2. The van der Waals surface area contributed by atoms with Crippen LogP contribution in [0.5, 0.6) is 0 Å². The van der Waals surface area contributed by atoms with Crippen molar-refractivity contribution in [1.29, 1.82) is 0 Å². The number of halogens is 8. The average Bonchev–Trinajstić information content (AvgIpc) is 1.64. The molecule has 3 unspecified atom stereocenters. The molecule has 0 radical (unpaired) electrons. The molecule has 6 aliphatic rings. The van der Waals surface area contributed by atoms with E-state index in [0.717, 1.165) is 32.1 Å². The van der Waals surface area contributed by atoms with E-state index in [-0.39, 0.29) is 66.7 Å². The van der Waals surface area contributed by atoms with Crippen LogP contribution in [0, 0.1) is 35.0 Å². The van der Waals surface area contributed by atoms with E-state index < -0.39 is 85.7 Å². The summed E-state index contributed by atoms with van der Waals surface area (Å²) in [6.45, 7) is 17.8. The van der Waals surface area contributed by atoms with Gasteiger partial charge in [0.05, 0.1) is 47.3 Å². The summed E-state index contributed by atoms with van der Waals surface area (Å²) in [7, 11) is 2.42. The van der Waals surface area contributed by atoms with E-state index in [9.17, 15) is 47.9 Å². The van der Waals surface area contributed by atoms with Crippen molar-refractivity contribution in [2.45, 2.75) is 163 Å². The Balaban J connectivity index is 0. The molecule has 5 fully saturated rings. The largest absolute Gasteiger partial charge is 0.513 e. The lowest BCUT2D eigenvalue weighted by molar-refractivity contribution is -0.205. The van der Waals surface area contributed by atoms with E-state index in [4.69, 9.17) is 131 Å². The lowest BCUT2D eigenvalue weighted by atomic mass is 9.74. The molecule has 1 saturated heterocycles. The summed E-state index contributed by atoms with van der Waals surface area (Å²) in [6, 6.07) is -1.67. The van der Waals surface area contributed by atoms with E-state index in [0.29, 0.717) is 88.7 Å². The topological polar surface area (TPSA) is 374 Å². The Kier molecular flexibility index (Phi) is 58.5. The molecule has 0 aromatic rings.